The van der Waals surface area contributed by atoms with Crippen LogP contribution in [-0.4, -0.2) is 39.0 Å². The van der Waals surface area contributed by atoms with E-state index in [1.807, 2.05) is 6.07 Å². The van der Waals surface area contributed by atoms with Crippen LogP contribution in [0, 0.1) is 0 Å². The van der Waals surface area contributed by atoms with Crippen molar-refractivity contribution in [2.75, 3.05) is 18.4 Å². The Bertz CT molecular complexity index is 587. The fourth-order valence-electron chi connectivity index (χ4n) is 2.51. The summed E-state index contributed by atoms with van der Waals surface area (Å²) in [5, 5.41) is 3.48. The number of benzene rings is 1. The lowest BCUT2D eigenvalue weighted by molar-refractivity contribution is 0.328. The Morgan fingerprint density at radius 1 is 1.10 bits per heavy atom. The van der Waals surface area contributed by atoms with Crippen LogP contribution in [0.3, 0.4) is 0 Å². The van der Waals surface area contributed by atoms with E-state index in [1.165, 1.54) is 5.56 Å². The summed E-state index contributed by atoms with van der Waals surface area (Å²) in [6, 6.07) is 10.7. The molecule has 0 aliphatic carbocycles. The molecular weight excluding hydrogens is 309 g/mol. The van der Waals surface area contributed by atoms with Gasteiger partial charge in [-0.1, -0.05) is 30.3 Å². The molecule has 0 amide bonds. The highest BCUT2D eigenvalue weighted by molar-refractivity contribution is 6.31. The molecule has 0 unspecified atom stereocenters. The number of anilines is 1. The van der Waals surface area contributed by atoms with Crippen molar-refractivity contribution < 1.29 is 0 Å². The topological polar surface area (TPSA) is 53.9 Å². The molecule has 2 heterocycles. The Hall–Kier alpha value is -1.43. The summed E-state index contributed by atoms with van der Waals surface area (Å²) in [5.74, 6) is 0.437. The maximum atomic E-state index is 5.77. The fourth-order valence-corrected chi connectivity index (χ4v) is 2.87. The highest BCUT2D eigenvalue weighted by Gasteiger charge is 2.23. The van der Waals surface area contributed by atoms with E-state index in [0.29, 0.717) is 12.0 Å². The molecule has 0 saturated carbocycles. The summed E-state index contributed by atoms with van der Waals surface area (Å²) in [4.78, 5) is 14.2. The molecule has 0 radical (unpaired) electrons. The average Bonchev–Trinajstić information content (AvgIpc) is 2.86. The van der Waals surface area contributed by atoms with Gasteiger partial charge in [0, 0.05) is 25.7 Å². The van der Waals surface area contributed by atoms with E-state index in [0.717, 1.165) is 26.1 Å². The number of nitrogens with zero attached hydrogens (tertiary/aromatic N) is 4. The smallest absolute Gasteiger partial charge is 0.228 e. The maximum absolute atomic E-state index is 5.77. The van der Waals surface area contributed by atoms with E-state index in [1.54, 1.807) is 0 Å². The van der Waals surface area contributed by atoms with Gasteiger partial charge in [0.25, 0.3) is 0 Å². The van der Waals surface area contributed by atoms with Crippen molar-refractivity contribution in [3.8, 4) is 0 Å². The van der Waals surface area contributed by atoms with Gasteiger partial charge in [0.1, 0.15) is 0 Å². The Morgan fingerprint density at radius 3 is 2.52 bits per heavy atom. The van der Waals surface area contributed by atoms with Gasteiger partial charge in [-0.25, -0.2) is 0 Å². The first-order chi connectivity index (χ1) is 10.2. The van der Waals surface area contributed by atoms with Gasteiger partial charge in [0.15, 0.2) is 0 Å². The molecule has 21 heavy (non-hydrogen) atoms. The Kier molecular flexibility index (Phi) is 4.53. The molecule has 1 saturated heterocycles. The van der Waals surface area contributed by atoms with Gasteiger partial charge < -0.3 is 5.32 Å². The zero-order valence-electron chi connectivity index (χ0n) is 11.3. The van der Waals surface area contributed by atoms with Gasteiger partial charge in [-0.05, 0) is 35.2 Å². The zero-order valence-corrected chi connectivity index (χ0v) is 12.8. The molecule has 7 heteroatoms. The standard InChI is InChI=1S/C14H15Cl2N5/c15-12-18-13(16)20-14(19-12)17-11-6-7-21(9-11)8-10-4-2-1-3-5-10/h1-5,11H,6-9H2,(H,17,18,19,20)/t11-/m0/s1. The van der Waals surface area contributed by atoms with E-state index in [9.17, 15) is 0 Å². The zero-order chi connectivity index (χ0) is 14.7. The SMILES string of the molecule is Clc1nc(Cl)nc(N[C@H]2CCN(Cc3ccccc3)C2)n1. The molecule has 1 aliphatic heterocycles. The second-order valence-electron chi connectivity index (χ2n) is 5.05. The minimum atomic E-state index is 0.108. The minimum absolute atomic E-state index is 0.108. The lowest BCUT2D eigenvalue weighted by Crippen LogP contribution is -2.26. The number of nitrogens with one attached hydrogen (secondary N) is 1. The first kappa shape index (κ1) is 14.5. The van der Waals surface area contributed by atoms with Crippen molar-refractivity contribution in [1.29, 1.82) is 0 Å². The summed E-state index contributed by atoms with van der Waals surface area (Å²) in [6.07, 6.45) is 1.04. The van der Waals surface area contributed by atoms with Gasteiger partial charge >= 0.3 is 0 Å². The summed E-state index contributed by atoms with van der Waals surface area (Å²) >= 11 is 11.5. The fraction of sp³-hybridized carbons (Fsp3) is 0.357. The number of hydrogen-bond donors (Lipinski definition) is 1. The lowest BCUT2D eigenvalue weighted by atomic mass is 10.2. The number of halogens is 2. The van der Waals surface area contributed by atoms with E-state index in [4.69, 9.17) is 23.2 Å². The maximum Gasteiger partial charge on any atom is 0.228 e. The van der Waals surface area contributed by atoms with Crippen LogP contribution in [0.5, 0.6) is 0 Å². The van der Waals surface area contributed by atoms with Crippen molar-refractivity contribution in [3.05, 3.63) is 46.5 Å². The molecule has 110 valence electrons. The van der Waals surface area contributed by atoms with Gasteiger partial charge in [-0.2, -0.15) is 15.0 Å². The molecule has 1 aliphatic rings. The van der Waals surface area contributed by atoms with Crippen molar-refractivity contribution in [2.24, 2.45) is 0 Å². The minimum Gasteiger partial charge on any atom is -0.350 e. The third-order valence-electron chi connectivity index (χ3n) is 3.44. The van der Waals surface area contributed by atoms with Crippen LogP contribution >= 0.6 is 23.2 Å². The van der Waals surface area contributed by atoms with Gasteiger partial charge in [0.2, 0.25) is 16.5 Å². The summed E-state index contributed by atoms with van der Waals surface area (Å²) in [6.45, 7) is 2.94. The molecular formula is C14H15Cl2N5. The van der Waals surface area contributed by atoms with Crippen molar-refractivity contribution in [2.45, 2.75) is 19.0 Å². The largest absolute Gasteiger partial charge is 0.350 e. The van der Waals surface area contributed by atoms with Crippen molar-refractivity contribution >= 4 is 29.2 Å². The molecule has 1 N–H and O–H groups in total. The summed E-state index contributed by atoms with van der Waals surface area (Å²) in [7, 11) is 0. The van der Waals surface area contributed by atoms with Crippen LogP contribution in [0.15, 0.2) is 30.3 Å². The van der Waals surface area contributed by atoms with Crippen LogP contribution < -0.4 is 5.32 Å². The van der Waals surface area contributed by atoms with Crippen LogP contribution in [0.25, 0.3) is 0 Å². The predicted molar refractivity (Wildman–Crippen MR) is 83.6 cm³/mol. The van der Waals surface area contributed by atoms with Gasteiger partial charge in [-0.3, -0.25) is 4.90 Å². The first-order valence-electron chi connectivity index (χ1n) is 6.79. The predicted octanol–water partition coefficient (Wildman–Crippen LogP) is 2.86. The second kappa shape index (κ2) is 6.56. The number of likely N-dealkylation sites (tertiary alicyclic amines) is 1. The highest BCUT2D eigenvalue weighted by Crippen LogP contribution is 2.17. The Balaban J connectivity index is 1.57. The van der Waals surface area contributed by atoms with Crippen LogP contribution in [0.4, 0.5) is 5.95 Å². The Morgan fingerprint density at radius 2 is 1.81 bits per heavy atom. The number of aromatic nitrogens is 3. The van der Waals surface area contributed by atoms with Crippen molar-refractivity contribution in [3.63, 3.8) is 0 Å². The molecule has 0 spiro atoms. The molecule has 5 nitrogen and oxygen atoms in total. The first-order valence-corrected chi connectivity index (χ1v) is 7.54. The third-order valence-corrected chi connectivity index (χ3v) is 3.77. The van der Waals surface area contributed by atoms with Crippen LogP contribution in [0.1, 0.15) is 12.0 Å². The molecule has 1 fully saturated rings. The van der Waals surface area contributed by atoms with Gasteiger partial charge in [0.05, 0.1) is 0 Å². The quantitative estimate of drug-likeness (QED) is 0.937. The highest BCUT2D eigenvalue weighted by atomic mass is 35.5. The molecule has 1 aromatic heterocycles. The second-order valence-corrected chi connectivity index (χ2v) is 5.72. The summed E-state index contributed by atoms with van der Waals surface area (Å²) in [5.41, 5.74) is 1.32. The Labute approximate surface area is 133 Å². The number of rotatable bonds is 4. The molecule has 0 bridgehead atoms. The van der Waals surface area contributed by atoms with Crippen LogP contribution in [0.2, 0.25) is 10.6 Å². The van der Waals surface area contributed by atoms with E-state index in [2.05, 4.69) is 49.4 Å². The third kappa shape index (κ3) is 4.03. The van der Waals surface area contributed by atoms with E-state index >= 15 is 0 Å². The molecule has 2 aromatic rings. The molecule has 1 atom stereocenters. The van der Waals surface area contributed by atoms with Crippen LogP contribution in [-0.2, 0) is 6.54 Å². The lowest BCUT2D eigenvalue weighted by Gasteiger charge is -2.16. The van der Waals surface area contributed by atoms with Crippen molar-refractivity contribution in [1.82, 2.24) is 19.9 Å². The van der Waals surface area contributed by atoms with E-state index in [-0.39, 0.29) is 10.6 Å². The number of hydrogen-bond acceptors (Lipinski definition) is 5. The molecule has 3 rings (SSSR count). The normalized spacial score (nSPS) is 18.9. The summed E-state index contributed by atoms with van der Waals surface area (Å²) < 4.78 is 0. The molecule has 1 aromatic carbocycles. The van der Waals surface area contributed by atoms with E-state index < -0.39 is 0 Å². The monoisotopic (exact) mass is 323 g/mol. The van der Waals surface area contributed by atoms with Gasteiger partial charge in [-0.15, -0.1) is 0 Å². The average molecular weight is 324 g/mol.